The van der Waals surface area contributed by atoms with Crippen molar-refractivity contribution in [2.24, 2.45) is 0 Å². The maximum atomic E-state index is 13.2. The van der Waals surface area contributed by atoms with Gasteiger partial charge in [0.25, 0.3) is 5.56 Å². The molecule has 0 aromatic carbocycles. The highest BCUT2D eigenvalue weighted by Crippen LogP contribution is 2.32. The Morgan fingerprint density at radius 1 is 1.29 bits per heavy atom. The van der Waals surface area contributed by atoms with Gasteiger partial charge >= 0.3 is 0 Å². The monoisotopic (exact) mass is 481 g/mol. The summed E-state index contributed by atoms with van der Waals surface area (Å²) in [7, 11) is 0. The number of aromatic hydroxyl groups is 1. The highest BCUT2D eigenvalue weighted by atomic mass is 19.1. The molecule has 0 amide bonds. The van der Waals surface area contributed by atoms with E-state index < -0.39 is 22.7 Å². The maximum absolute atomic E-state index is 13.2. The van der Waals surface area contributed by atoms with Crippen LogP contribution >= 0.6 is 0 Å². The van der Waals surface area contributed by atoms with Gasteiger partial charge in [0.2, 0.25) is 5.75 Å². The predicted octanol–water partition coefficient (Wildman–Crippen LogP) is 4.67. The van der Waals surface area contributed by atoms with Crippen LogP contribution in [-0.4, -0.2) is 37.6 Å². The van der Waals surface area contributed by atoms with Crippen LogP contribution in [-0.2, 0) is 18.6 Å². The number of nitrogens with one attached hydrogen (secondary N) is 1. The van der Waals surface area contributed by atoms with E-state index in [0.29, 0.717) is 37.7 Å². The number of pyridine rings is 1. The van der Waals surface area contributed by atoms with E-state index in [9.17, 15) is 14.3 Å². The summed E-state index contributed by atoms with van der Waals surface area (Å²) in [5.41, 5.74) is 1.10. The fourth-order valence-electron chi connectivity index (χ4n) is 3.71. The van der Waals surface area contributed by atoms with Crippen molar-refractivity contribution in [3.05, 3.63) is 94.7 Å². The molecule has 0 fully saturated rings. The van der Waals surface area contributed by atoms with Crippen LogP contribution in [0.3, 0.4) is 0 Å². The standard InChI is InChI=1S/C25H30FN5O2.C2H6/c1-6-19(26)11-10-17(2)15-28-18(3)21-22(32)23(33)31-14-13-30(25(4,5)24(31)29-21)16-20-9-7-8-12-27-20;1-2/h6-12,28,32H,1,3,13-16H2,2,4-5H3;1-2H3/b17-10+,19-11+;. The third-order valence-corrected chi connectivity index (χ3v) is 5.74. The summed E-state index contributed by atoms with van der Waals surface area (Å²) >= 11 is 0. The Hall–Kier alpha value is -3.52. The summed E-state index contributed by atoms with van der Waals surface area (Å²) in [6.07, 6.45) is 5.81. The van der Waals surface area contributed by atoms with E-state index in [4.69, 9.17) is 0 Å². The van der Waals surface area contributed by atoms with Crippen LogP contribution in [0, 0.1) is 0 Å². The van der Waals surface area contributed by atoms with Crippen molar-refractivity contribution in [3.63, 3.8) is 0 Å². The molecule has 0 radical (unpaired) electrons. The van der Waals surface area contributed by atoms with Crippen molar-refractivity contribution < 1.29 is 9.50 Å². The molecule has 8 heteroatoms. The largest absolute Gasteiger partial charge is 0.501 e. The smallest absolute Gasteiger partial charge is 0.296 e. The van der Waals surface area contributed by atoms with E-state index in [1.165, 1.54) is 10.6 Å². The molecule has 0 saturated heterocycles. The molecule has 2 aromatic heterocycles. The highest BCUT2D eigenvalue weighted by molar-refractivity contribution is 5.63. The van der Waals surface area contributed by atoms with Crippen molar-refractivity contribution in [2.45, 2.75) is 53.2 Å². The molecule has 0 spiro atoms. The fourth-order valence-corrected chi connectivity index (χ4v) is 3.71. The number of rotatable bonds is 8. The lowest BCUT2D eigenvalue weighted by Gasteiger charge is -2.43. The Morgan fingerprint density at radius 3 is 2.63 bits per heavy atom. The Kier molecular flexibility index (Phi) is 9.71. The molecule has 1 aliphatic heterocycles. The van der Waals surface area contributed by atoms with Crippen LogP contribution in [0.2, 0.25) is 0 Å². The summed E-state index contributed by atoms with van der Waals surface area (Å²) in [4.78, 5) is 24.2. The molecule has 0 atom stereocenters. The first-order chi connectivity index (χ1) is 16.6. The van der Waals surface area contributed by atoms with Crippen LogP contribution in [0.25, 0.3) is 5.70 Å². The fraction of sp³-hybridized carbons (Fsp3) is 0.370. The van der Waals surface area contributed by atoms with Crippen molar-refractivity contribution in [2.75, 3.05) is 13.1 Å². The van der Waals surface area contributed by atoms with Crippen molar-refractivity contribution in [1.29, 1.82) is 0 Å². The lowest BCUT2D eigenvalue weighted by molar-refractivity contribution is 0.0644. The Balaban J connectivity index is 0.00000210. The topological polar surface area (TPSA) is 83.3 Å². The number of aromatic nitrogens is 3. The van der Waals surface area contributed by atoms with E-state index in [2.05, 4.69) is 33.3 Å². The van der Waals surface area contributed by atoms with Crippen molar-refractivity contribution in [3.8, 4) is 5.75 Å². The molecule has 7 nitrogen and oxygen atoms in total. The van der Waals surface area contributed by atoms with Gasteiger partial charge in [-0.2, -0.15) is 0 Å². The molecule has 3 rings (SSSR count). The number of allylic oxidation sites excluding steroid dienone is 4. The Bertz CT molecular complexity index is 1170. The number of nitrogens with zero attached hydrogens (tertiary/aromatic N) is 4. The molecule has 1 aliphatic rings. The maximum Gasteiger partial charge on any atom is 0.296 e. The van der Waals surface area contributed by atoms with Gasteiger partial charge < -0.3 is 10.4 Å². The van der Waals surface area contributed by atoms with Gasteiger partial charge in [-0.1, -0.05) is 44.7 Å². The summed E-state index contributed by atoms with van der Waals surface area (Å²) in [5, 5.41) is 13.6. The SMILES string of the molecule is C=C/C(F)=C\C=C(/C)CNC(=C)c1nc2n(c(=O)c1O)CCN(Cc1ccccn1)C2(C)C.CC. The molecular formula is C27H36FN5O2. The van der Waals surface area contributed by atoms with Gasteiger partial charge in [-0.05, 0) is 45.1 Å². The number of halogens is 1. The molecule has 2 aromatic rings. The minimum Gasteiger partial charge on any atom is -0.501 e. The summed E-state index contributed by atoms with van der Waals surface area (Å²) in [6, 6.07) is 5.78. The molecule has 0 bridgehead atoms. The zero-order valence-corrected chi connectivity index (χ0v) is 21.3. The van der Waals surface area contributed by atoms with Crippen LogP contribution in [0.4, 0.5) is 4.39 Å². The second kappa shape index (κ2) is 12.3. The van der Waals surface area contributed by atoms with E-state index in [1.54, 1.807) is 12.3 Å². The van der Waals surface area contributed by atoms with Crippen LogP contribution < -0.4 is 10.9 Å². The third kappa shape index (κ3) is 6.54. The van der Waals surface area contributed by atoms with E-state index in [1.807, 2.05) is 52.8 Å². The lowest BCUT2D eigenvalue weighted by Crippen LogP contribution is -2.52. The third-order valence-electron chi connectivity index (χ3n) is 5.74. The summed E-state index contributed by atoms with van der Waals surface area (Å²) < 4.78 is 14.8. The first-order valence-electron chi connectivity index (χ1n) is 11.7. The summed E-state index contributed by atoms with van der Waals surface area (Å²) in [6.45, 7) is 19.1. The van der Waals surface area contributed by atoms with Crippen molar-refractivity contribution in [1.82, 2.24) is 24.8 Å². The van der Waals surface area contributed by atoms with E-state index >= 15 is 0 Å². The molecule has 0 aliphatic carbocycles. The van der Waals surface area contributed by atoms with Crippen LogP contribution in [0.5, 0.6) is 5.75 Å². The normalized spacial score (nSPS) is 15.5. The Labute approximate surface area is 207 Å². The molecule has 3 heterocycles. The Morgan fingerprint density at radius 2 is 2.00 bits per heavy atom. The van der Waals surface area contributed by atoms with Crippen LogP contribution in [0.1, 0.15) is 51.8 Å². The van der Waals surface area contributed by atoms with Gasteiger partial charge in [0.15, 0.2) is 0 Å². The molecule has 35 heavy (non-hydrogen) atoms. The molecule has 0 saturated carbocycles. The van der Waals surface area contributed by atoms with Gasteiger partial charge in [-0.3, -0.25) is 19.2 Å². The lowest BCUT2D eigenvalue weighted by atomic mass is 9.97. The van der Waals surface area contributed by atoms with Gasteiger partial charge in [0.05, 0.1) is 16.9 Å². The number of hydrogen-bond donors (Lipinski definition) is 2. The minimum absolute atomic E-state index is 0.111. The first-order valence-corrected chi connectivity index (χ1v) is 11.7. The number of hydrogen-bond acceptors (Lipinski definition) is 6. The number of fused-ring (bicyclic) bond motifs is 1. The molecular weight excluding hydrogens is 445 g/mol. The van der Waals surface area contributed by atoms with Gasteiger partial charge in [0.1, 0.15) is 17.3 Å². The van der Waals surface area contributed by atoms with Crippen LogP contribution in [0.15, 0.2) is 72.0 Å². The predicted molar refractivity (Wildman–Crippen MR) is 139 cm³/mol. The highest BCUT2D eigenvalue weighted by Gasteiger charge is 2.38. The average molecular weight is 482 g/mol. The van der Waals surface area contributed by atoms with Gasteiger partial charge in [-0.15, -0.1) is 0 Å². The van der Waals surface area contributed by atoms with Gasteiger partial charge in [-0.25, -0.2) is 9.37 Å². The molecule has 0 unspecified atom stereocenters. The van der Waals surface area contributed by atoms with Gasteiger partial charge in [0, 0.05) is 32.4 Å². The first kappa shape index (κ1) is 27.7. The average Bonchev–Trinajstić information content (AvgIpc) is 2.86. The van der Waals surface area contributed by atoms with E-state index in [0.717, 1.165) is 17.3 Å². The second-order valence-electron chi connectivity index (χ2n) is 8.49. The van der Waals surface area contributed by atoms with E-state index in [-0.39, 0.29) is 5.69 Å². The van der Waals surface area contributed by atoms with Crippen molar-refractivity contribution >= 4 is 5.70 Å². The summed E-state index contributed by atoms with van der Waals surface area (Å²) in [5.74, 6) is -0.328. The molecule has 188 valence electrons. The molecule has 2 N–H and O–H groups in total. The zero-order chi connectivity index (χ0) is 26.2. The minimum atomic E-state index is -0.583. The zero-order valence-electron chi connectivity index (χ0n) is 21.3. The quantitative estimate of drug-likeness (QED) is 0.534. The second-order valence-corrected chi connectivity index (χ2v) is 8.49.